The number of nitrogens with zero attached hydrogens (tertiary/aromatic N) is 1. The Morgan fingerprint density at radius 2 is 1.95 bits per heavy atom. The molecule has 0 spiro atoms. The molecule has 1 saturated heterocycles. The number of likely N-dealkylation sites (tertiary alicyclic amines) is 1. The standard InChI is InChI=1S/C18H30N2S/c1-16(11-15-21-2)19-18-9-13-20(14-10-18)12-8-17-6-4-3-5-7-17/h3-7,16,18-19H,8-15H2,1-2H3. The van der Waals surface area contributed by atoms with Gasteiger partial charge in [-0.05, 0) is 63.3 Å². The third kappa shape index (κ3) is 6.41. The third-order valence-electron chi connectivity index (χ3n) is 4.42. The maximum Gasteiger partial charge on any atom is 0.00938 e. The molecule has 118 valence electrons. The lowest BCUT2D eigenvalue weighted by molar-refractivity contribution is 0.193. The van der Waals surface area contributed by atoms with Crippen molar-refractivity contribution in [1.29, 1.82) is 0 Å². The highest BCUT2D eigenvalue weighted by molar-refractivity contribution is 7.98. The summed E-state index contributed by atoms with van der Waals surface area (Å²) in [7, 11) is 0. The lowest BCUT2D eigenvalue weighted by Gasteiger charge is -2.34. The van der Waals surface area contributed by atoms with Crippen LogP contribution < -0.4 is 5.32 Å². The Kier molecular flexibility index (Phi) is 7.62. The molecule has 1 heterocycles. The second-order valence-corrected chi connectivity index (χ2v) is 7.19. The highest BCUT2D eigenvalue weighted by Crippen LogP contribution is 2.13. The molecule has 0 saturated carbocycles. The molecule has 3 heteroatoms. The van der Waals surface area contributed by atoms with Crippen molar-refractivity contribution in [3.05, 3.63) is 35.9 Å². The van der Waals surface area contributed by atoms with E-state index >= 15 is 0 Å². The van der Waals surface area contributed by atoms with E-state index in [0.717, 1.165) is 6.04 Å². The topological polar surface area (TPSA) is 15.3 Å². The SMILES string of the molecule is CSCCC(C)NC1CCN(CCc2ccccc2)CC1. The van der Waals surface area contributed by atoms with E-state index in [4.69, 9.17) is 0 Å². The highest BCUT2D eigenvalue weighted by atomic mass is 32.2. The summed E-state index contributed by atoms with van der Waals surface area (Å²) in [5, 5.41) is 3.81. The number of piperidine rings is 1. The zero-order chi connectivity index (χ0) is 14.9. The normalized spacial score (nSPS) is 18.8. The minimum atomic E-state index is 0.665. The molecule has 0 radical (unpaired) electrons. The van der Waals surface area contributed by atoms with Crippen LogP contribution in [-0.2, 0) is 6.42 Å². The van der Waals surface area contributed by atoms with Gasteiger partial charge in [0.1, 0.15) is 0 Å². The molecule has 0 aromatic heterocycles. The fourth-order valence-corrected chi connectivity index (χ4v) is 3.62. The van der Waals surface area contributed by atoms with Crippen LogP contribution in [0.4, 0.5) is 0 Å². The minimum Gasteiger partial charge on any atom is -0.311 e. The van der Waals surface area contributed by atoms with Crippen molar-refractivity contribution in [3.8, 4) is 0 Å². The Labute approximate surface area is 134 Å². The van der Waals surface area contributed by atoms with Gasteiger partial charge in [0.25, 0.3) is 0 Å². The van der Waals surface area contributed by atoms with Crippen molar-refractivity contribution in [2.75, 3.05) is 31.6 Å². The molecule has 0 bridgehead atoms. The van der Waals surface area contributed by atoms with Crippen molar-refractivity contribution in [2.45, 2.75) is 44.7 Å². The Hall–Kier alpha value is -0.510. The van der Waals surface area contributed by atoms with Gasteiger partial charge in [0, 0.05) is 18.6 Å². The van der Waals surface area contributed by atoms with E-state index in [1.807, 2.05) is 11.8 Å². The third-order valence-corrected chi connectivity index (χ3v) is 5.07. The van der Waals surface area contributed by atoms with Gasteiger partial charge in [0.15, 0.2) is 0 Å². The number of nitrogens with one attached hydrogen (secondary N) is 1. The molecule has 1 N–H and O–H groups in total. The second-order valence-electron chi connectivity index (χ2n) is 6.20. The molecule has 0 amide bonds. The first-order valence-corrected chi connectivity index (χ1v) is 9.68. The molecule has 1 aromatic rings. The second kappa shape index (κ2) is 9.50. The molecule has 1 fully saturated rings. The first-order valence-electron chi connectivity index (χ1n) is 8.29. The van der Waals surface area contributed by atoms with Gasteiger partial charge in [0.2, 0.25) is 0 Å². The molecule has 21 heavy (non-hydrogen) atoms. The number of thioether (sulfide) groups is 1. The molecule has 0 aliphatic carbocycles. The Bertz CT molecular complexity index is 374. The largest absolute Gasteiger partial charge is 0.311 e. The monoisotopic (exact) mass is 306 g/mol. The lowest BCUT2D eigenvalue weighted by Crippen LogP contribution is -2.46. The summed E-state index contributed by atoms with van der Waals surface area (Å²) in [5.41, 5.74) is 1.46. The van der Waals surface area contributed by atoms with Crippen LogP contribution >= 0.6 is 11.8 Å². The zero-order valence-corrected chi connectivity index (χ0v) is 14.4. The molecule has 2 rings (SSSR count). The average molecular weight is 307 g/mol. The Morgan fingerprint density at radius 1 is 1.24 bits per heavy atom. The van der Waals surface area contributed by atoms with Crippen LogP contribution in [0.15, 0.2) is 30.3 Å². The summed E-state index contributed by atoms with van der Waals surface area (Å²) in [6.07, 6.45) is 7.27. The maximum absolute atomic E-state index is 3.81. The van der Waals surface area contributed by atoms with Gasteiger partial charge in [-0.25, -0.2) is 0 Å². The van der Waals surface area contributed by atoms with E-state index in [-0.39, 0.29) is 0 Å². The molecule has 1 aromatic carbocycles. The van der Waals surface area contributed by atoms with Gasteiger partial charge in [-0.15, -0.1) is 0 Å². The summed E-state index contributed by atoms with van der Waals surface area (Å²) < 4.78 is 0. The van der Waals surface area contributed by atoms with Crippen molar-refractivity contribution >= 4 is 11.8 Å². The average Bonchev–Trinajstić information content (AvgIpc) is 2.53. The van der Waals surface area contributed by atoms with Crippen LogP contribution in [0.2, 0.25) is 0 Å². The number of hydrogen-bond donors (Lipinski definition) is 1. The Balaban J connectivity index is 1.62. The summed E-state index contributed by atoms with van der Waals surface area (Å²) in [6.45, 7) is 6.04. The van der Waals surface area contributed by atoms with Crippen LogP contribution in [-0.4, -0.2) is 48.6 Å². The molecule has 2 nitrogen and oxygen atoms in total. The van der Waals surface area contributed by atoms with Crippen LogP contribution in [0.25, 0.3) is 0 Å². The van der Waals surface area contributed by atoms with E-state index in [0.29, 0.717) is 6.04 Å². The molecular formula is C18H30N2S. The Morgan fingerprint density at radius 3 is 2.62 bits per heavy atom. The summed E-state index contributed by atoms with van der Waals surface area (Å²) >= 11 is 1.95. The van der Waals surface area contributed by atoms with Crippen molar-refractivity contribution in [1.82, 2.24) is 10.2 Å². The first kappa shape index (κ1) is 16.9. The van der Waals surface area contributed by atoms with E-state index in [2.05, 4.69) is 53.7 Å². The molecule has 1 unspecified atom stereocenters. The van der Waals surface area contributed by atoms with Crippen molar-refractivity contribution in [2.24, 2.45) is 0 Å². The molecular weight excluding hydrogens is 276 g/mol. The molecule has 1 atom stereocenters. The van der Waals surface area contributed by atoms with Gasteiger partial charge in [0.05, 0.1) is 0 Å². The smallest absolute Gasteiger partial charge is 0.00938 e. The van der Waals surface area contributed by atoms with Gasteiger partial charge in [-0.2, -0.15) is 11.8 Å². The summed E-state index contributed by atoms with van der Waals surface area (Å²) in [4.78, 5) is 2.62. The maximum atomic E-state index is 3.81. The van der Waals surface area contributed by atoms with Gasteiger partial charge in [-0.1, -0.05) is 30.3 Å². The number of hydrogen-bond acceptors (Lipinski definition) is 3. The number of benzene rings is 1. The van der Waals surface area contributed by atoms with Gasteiger partial charge in [-0.3, -0.25) is 0 Å². The van der Waals surface area contributed by atoms with E-state index in [1.54, 1.807) is 0 Å². The van der Waals surface area contributed by atoms with Crippen LogP contribution in [0, 0.1) is 0 Å². The number of rotatable bonds is 8. The zero-order valence-electron chi connectivity index (χ0n) is 13.6. The molecule has 1 aliphatic heterocycles. The van der Waals surface area contributed by atoms with Crippen LogP contribution in [0.3, 0.4) is 0 Å². The lowest BCUT2D eigenvalue weighted by atomic mass is 10.0. The van der Waals surface area contributed by atoms with E-state index < -0.39 is 0 Å². The quantitative estimate of drug-likeness (QED) is 0.792. The van der Waals surface area contributed by atoms with Crippen molar-refractivity contribution < 1.29 is 0 Å². The first-order chi connectivity index (χ1) is 10.3. The van der Waals surface area contributed by atoms with Crippen LogP contribution in [0.5, 0.6) is 0 Å². The van der Waals surface area contributed by atoms with E-state index in [1.165, 1.54) is 56.6 Å². The minimum absolute atomic E-state index is 0.665. The van der Waals surface area contributed by atoms with Gasteiger partial charge >= 0.3 is 0 Å². The summed E-state index contributed by atoms with van der Waals surface area (Å²) in [5.74, 6) is 1.27. The fraction of sp³-hybridized carbons (Fsp3) is 0.667. The van der Waals surface area contributed by atoms with Gasteiger partial charge < -0.3 is 10.2 Å². The van der Waals surface area contributed by atoms with E-state index in [9.17, 15) is 0 Å². The highest BCUT2D eigenvalue weighted by Gasteiger charge is 2.19. The predicted octanol–water partition coefficient (Wildman–Crippen LogP) is 3.42. The van der Waals surface area contributed by atoms with Crippen LogP contribution in [0.1, 0.15) is 31.7 Å². The fourth-order valence-electron chi connectivity index (χ4n) is 3.04. The molecule has 1 aliphatic rings. The summed E-state index contributed by atoms with van der Waals surface area (Å²) in [6, 6.07) is 12.2. The predicted molar refractivity (Wildman–Crippen MR) is 95.2 cm³/mol. The van der Waals surface area contributed by atoms with Crippen molar-refractivity contribution in [3.63, 3.8) is 0 Å².